The molecule has 4 rings (SSSR count). The number of amides is 1. The minimum absolute atomic E-state index is 0.0627. The Balaban J connectivity index is 1.48. The van der Waals surface area contributed by atoms with Crippen molar-refractivity contribution in [2.24, 2.45) is 5.92 Å². The second kappa shape index (κ2) is 6.20. The van der Waals surface area contributed by atoms with Crippen LogP contribution in [-0.4, -0.2) is 16.9 Å². The number of H-pyrrole nitrogens is 1. The standard InChI is InChI=1S/C21H20N2O2/c1-13(17-12-18(17)14-7-3-2-4-8-14)22-21(25)19-11-15-9-5-6-10-16(15)20(24)23-19/h2-11,13,17-18H,12H2,1H3,(H,22,25)(H,23,24)/t13-,17+,18-/m0/s1. The van der Waals surface area contributed by atoms with Gasteiger partial charge < -0.3 is 10.3 Å². The molecule has 3 aromatic rings. The number of benzene rings is 2. The molecule has 126 valence electrons. The molecule has 1 aliphatic rings. The van der Waals surface area contributed by atoms with Gasteiger partial charge in [0, 0.05) is 11.4 Å². The summed E-state index contributed by atoms with van der Waals surface area (Å²) in [6.45, 7) is 2.03. The predicted molar refractivity (Wildman–Crippen MR) is 98.8 cm³/mol. The van der Waals surface area contributed by atoms with Crippen molar-refractivity contribution in [3.05, 3.63) is 82.3 Å². The largest absolute Gasteiger partial charge is 0.348 e. The summed E-state index contributed by atoms with van der Waals surface area (Å²) in [6, 6.07) is 19.5. The third-order valence-electron chi connectivity index (χ3n) is 5.07. The van der Waals surface area contributed by atoms with Crippen LogP contribution in [0.4, 0.5) is 0 Å². The van der Waals surface area contributed by atoms with Gasteiger partial charge in [0.25, 0.3) is 11.5 Å². The maximum absolute atomic E-state index is 12.5. The summed E-state index contributed by atoms with van der Waals surface area (Å²) in [5.41, 5.74) is 1.41. The quantitative estimate of drug-likeness (QED) is 0.769. The molecule has 1 aliphatic carbocycles. The number of pyridine rings is 1. The van der Waals surface area contributed by atoms with Crippen molar-refractivity contribution in [1.29, 1.82) is 0 Å². The zero-order valence-electron chi connectivity index (χ0n) is 14.0. The number of rotatable bonds is 4. The Hall–Kier alpha value is -2.88. The van der Waals surface area contributed by atoms with Gasteiger partial charge in [0.15, 0.2) is 0 Å². The molecule has 4 nitrogen and oxygen atoms in total. The number of carbonyl (C=O) groups excluding carboxylic acids is 1. The summed E-state index contributed by atoms with van der Waals surface area (Å²) >= 11 is 0. The monoisotopic (exact) mass is 332 g/mol. The third-order valence-corrected chi connectivity index (χ3v) is 5.07. The van der Waals surface area contributed by atoms with Gasteiger partial charge in [0.2, 0.25) is 0 Å². The molecule has 1 heterocycles. The summed E-state index contributed by atoms with van der Waals surface area (Å²) in [7, 11) is 0. The first-order valence-electron chi connectivity index (χ1n) is 8.61. The molecule has 2 aromatic carbocycles. The van der Waals surface area contributed by atoms with E-state index in [2.05, 4.69) is 22.4 Å². The van der Waals surface area contributed by atoms with Crippen molar-refractivity contribution >= 4 is 16.7 Å². The smallest absolute Gasteiger partial charge is 0.268 e. The fourth-order valence-corrected chi connectivity index (χ4v) is 3.58. The van der Waals surface area contributed by atoms with Crippen LogP contribution >= 0.6 is 0 Å². The lowest BCUT2D eigenvalue weighted by atomic mass is 10.1. The molecule has 1 aromatic heterocycles. The van der Waals surface area contributed by atoms with E-state index in [1.165, 1.54) is 5.56 Å². The number of fused-ring (bicyclic) bond motifs is 1. The van der Waals surface area contributed by atoms with Crippen LogP contribution in [0, 0.1) is 5.92 Å². The zero-order valence-corrected chi connectivity index (χ0v) is 14.0. The highest BCUT2D eigenvalue weighted by Gasteiger charge is 2.42. The normalized spacial score (nSPS) is 20.2. The van der Waals surface area contributed by atoms with E-state index < -0.39 is 0 Å². The van der Waals surface area contributed by atoms with Gasteiger partial charge in [-0.3, -0.25) is 9.59 Å². The Kier molecular flexibility index (Phi) is 3.88. The highest BCUT2D eigenvalue weighted by atomic mass is 16.2. The number of aromatic nitrogens is 1. The highest BCUT2D eigenvalue weighted by molar-refractivity contribution is 5.96. The van der Waals surface area contributed by atoms with Crippen molar-refractivity contribution in [3.8, 4) is 0 Å². The summed E-state index contributed by atoms with van der Waals surface area (Å²) in [4.78, 5) is 27.4. The van der Waals surface area contributed by atoms with Gasteiger partial charge in [-0.25, -0.2) is 0 Å². The van der Waals surface area contributed by atoms with Crippen molar-refractivity contribution in [3.63, 3.8) is 0 Å². The van der Waals surface area contributed by atoms with Crippen LogP contribution in [0.2, 0.25) is 0 Å². The lowest BCUT2D eigenvalue weighted by molar-refractivity contribution is 0.0930. The molecule has 3 atom stereocenters. The first-order valence-corrected chi connectivity index (χ1v) is 8.61. The summed E-state index contributed by atoms with van der Waals surface area (Å²) in [5, 5.41) is 4.41. The molecule has 1 amide bonds. The molecule has 4 heteroatoms. The van der Waals surface area contributed by atoms with E-state index in [-0.39, 0.29) is 17.5 Å². The maximum atomic E-state index is 12.5. The summed E-state index contributed by atoms with van der Waals surface area (Å²) in [5.74, 6) is 0.722. The van der Waals surface area contributed by atoms with Gasteiger partial charge in [0.05, 0.1) is 0 Å². The number of hydrogen-bond donors (Lipinski definition) is 2. The van der Waals surface area contributed by atoms with E-state index in [0.29, 0.717) is 22.9 Å². The van der Waals surface area contributed by atoms with Crippen LogP contribution in [0.25, 0.3) is 10.8 Å². The molecule has 25 heavy (non-hydrogen) atoms. The molecule has 0 unspecified atom stereocenters. The predicted octanol–water partition coefficient (Wildman–Crippen LogP) is 3.45. The van der Waals surface area contributed by atoms with Crippen LogP contribution in [0.5, 0.6) is 0 Å². The summed E-state index contributed by atoms with van der Waals surface area (Å²) < 4.78 is 0. The molecule has 0 radical (unpaired) electrons. The van der Waals surface area contributed by atoms with E-state index in [1.807, 2.05) is 43.3 Å². The minimum atomic E-state index is -0.232. The number of carbonyl (C=O) groups is 1. The van der Waals surface area contributed by atoms with Crippen molar-refractivity contribution in [1.82, 2.24) is 10.3 Å². The van der Waals surface area contributed by atoms with Crippen LogP contribution in [0.15, 0.2) is 65.5 Å². The van der Waals surface area contributed by atoms with Crippen LogP contribution in [-0.2, 0) is 0 Å². The molecular weight excluding hydrogens is 312 g/mol. The van der Waals surface area contributed by atoms with E-state index in [4.69, 9.17) is 0 Å². The Bertz CT molecular complexity index is 978. The van der Waals surface area contributed by atoms with Crippen molar-refractivity contribution in [2.45, 2.75) is 25.3 Å². The molecule has 1 saturated carbocycles. The average molecular weight is 332 g/mol. The molecule has 0 aliphatic heterocycles. The molecular formula is C21H20N2O2. The second-order valence-electron chi connectivity index (χ2n) is 6.78. The Morgan fingerprint density at radius 3 is 2.64 bits per heavy atom. The number of nitrogens with one attached hydrogen (secondary N) is 2. The summed E-state index contributed by atoms with van der Waals surface area (Å²) in [6.07, 6.45) is 1.08. The molecule has 0 saturated heterocycles. The zero-order chi connectivity index (χ0) is 17.4. The Morgan fingerprint density at radius 2 is 1.84 bits per heavy atom. The lowest BCUT2D eigenvalue weighted by Gasteiger charge is -2.14. The third kappa shape index (κ3) is 3.07. The van der Waals surface area contributed by atoms with E-state index in [0.717, 1.165) is 11.8 Å². The van der Waals surface area contributed by atoms with Crippen molar-refractivity contribution < 1.29 is 4.79 Å². The first-order chi connectivity index (χ1) is 12.1. The number of aromatic amines is 1. The molecule has 0 spiro atoms. The van der Waals surface area contributed by atoms with Crippen LogP contribution in [0.1, 0.15) is 35.3 Å². The second-order valence-corrected chi connectivity index (χ2v) is 6.78. The van der Waals surface area contributed by atoms with Gasteiger partial charge in [-0.15, -0.1) is 0 Å². The van der Waals surface area contributed by atoms with Crippen molar-refractivity contribution in [2.75, 3.05) is 0 Å². The fourth-order valence-electron chi connectivity index (χ4n) is 3.58. The van der Waals surface area contributed by atoms with Crippen LogP contribution in [0.3, 0.4) is 0 Å². The van der Waals surface area contributed by atoms with Crippen LogP contribution < -0.4 is 10.9 Å². The molecule has 2 N–H and O–H groups in total. The number of hydrogen-bond acceptors (Lipinski definition) is 2. The molecule has 0 bridgehead atoms. The van der Waals surface area contributed by atoms with Gasteiger partial charge in [-0.05, 0) is 48.3 Å². The highest BCUT2D eigenvalue weighted by Crippen LogP contribution is 2.49. The lowest BCUT2D eigenvalue weighted by Crippen LogP contribution is -2.35. The minimum Gasteiger partial charge on any atom is -0.348 e. The SMILES string of the molecule is C[C@H](NC(=O)c1cc2ccccc2c(=O)[nH]1)[C@H]1C[C@H]1c1ccccc1. The van der Waals surface area contributed by atoms with Gasteiger partial charge >= 0.3 is 0 Å². The van der Waals surface area contributed by atoms with E-state index >= 15 is 0 Å². The van der Waals surface area contributed by atoms with Gasteiger partial charge in [0.1, 0.15) is 5.69 Å². The van der Waals surface area contributed by atoms with E-state index in [9.17, 15) is 9.59 Å². The van der Waals surface area contributed by atoms with Gasteiger partial charge in [-0.1, -0.05) is 48.5 Å². The maximum Gasteiger partial charge on any atom is 0.268 e. The first kappa shape index (κ1) is 15.6. The Morgan fingerprint density at radius 1 is 1.12 bits per heavy atom. The average Bonchev–Trinajstić information content (AvgIpc) is 3.43. The topological polar surface area (TPSA) is 62.0 Å². The Labute approximate surface area is 145 Å². The fraction of sp³-hybridized carbons (Fsp3) is 0.238. The molecule has 1 fully saturated rings. The van der Waals surface area contributed by atoms with E-state index in [1.54, 1.807) is 12.1 Å². The van der Waals surface area contributed by atoms with Gasteiger partial charge in [-0.2, -0.15) is 0 Å².